The first kappa shape index (κ1) is 19.9. The highest BCUT2D eigenvalue weighted by Gasteiger charge is 2.15. The molecule has 0 saturated heterocycles. The van der Waals surface area contributed by atoms with Gasteiger partial charge >= 0.3 is 0 Å². The molecule has 2 aromatic carbocycles. The molecule has 2 aromatic heterocycles. The summed E-state index contributed by atoms with van der Waals surface area (Å²) in [6.07, 6.45) is 1.53. The lowest BCUT2D eigenvalue weighted by molar-refractivity contribution is 0.434. The zero-order valence-corrected chi connectivity index (χ0v) is 16.8. The van der Waals surface area contributed by atoms with E-state index in [1.807, 2.05) is 31.3 Å². The smallest absolute Gasteiger partial charge is 0.189 e. The summed E-state index contributed by atoms with van der Waals surface area (Å²) in [4.78, 5) is 8.95. The number of nitrogen functional groups attached to an aromatic ring is 1. The van der Waals surface area contributed by atoms with Crippen molar-refractivity contribution in [1.82, 2.24) is 20.4 Å². The number of benzene rings is 2. The van der Waals surface area contributed by atoms with Crippen LogP contribution in [-0.4, -0.2) is 30.9 Å². The van der Waals surface area contributed by atoms with E-state index in [-0.39, 0.29) is 10.7 Å². The van der Waals surface area contributed by atoms with Gasteiger partial charge in [0.25, 0.3) is 0 Å². The largest absolute Gasteiger partial charge is 0.768 e. The number of anilines is 1. The van der Waals surface area contributed by atoms with E-state index in [2.05, 4.69) is 20.4 Å². The van der Waals surface area contributed by atoms with Gasteiger partial charge in [0, 0.05) is 28.6 Å². The van der Waals surface area contributed by atoms with Crippen LogP contribution in [0, 0.1) is 0 Å². The monoisotopic (exact) mass is 420 g/mol. The minimum Gasteiger partial charge on any atom is -0.768 e. The second kappa shape index (κ2) is 8.54. The molecule has 9 heteroatoms. The van der Waals surface area contributed by atoms with Crippen LogP contribution in [0.3, 0.4) is 0 Å². The number of aromatic nitrogens is 3. The fourth-order valence-electron chi connectivity index (χ4n) is 2.98. The van der Waals surface area contributed by atoms with E-state index >= 15 is 0 Å². The van der Waals surface area contributed by atoms with Gasteiger partial charge in [0.05, 0.1) is 11.9 Å². The Morgan fingerprint density at radius 1 is 1.07 bits per heavy atom. The predicted molar refractivity (Wildman–Crippen MR) is 113 cm³/mol. The van der Waals surface area contributed by atoms with Gasteiger partial charge in [-0.3, -0.25) is 4.21 Å². The van der Waals surface area contributed by atoms with Crippen molar-refractivity contribution in [3.63, 3.8) is 0 Å². The second-order valence-electron chi connectivity index (χ2n) is 6.55. The van der Waals surface area contributed by atoms with Crippen molar-refractivity contribution in [1.29, 1.82) is 0 Å². The van der Waals surface area contributed by atoms with Gasteiger partial charge in [-0.15, -0.1) is 0 Å². The van der Waals surface area contributed by atoms with E-state index in [1.54, 1.807) is 18.2 Å². The Kier molecular flexibility index (Phi) is 5.66. The molecule has 2 heterocycles. The molecule has 0 aliphatic heterocycles. The molecule has 0 saturated carbocycles. The van der Waals surface area contributed by atoms with Crippen LogP contribution >= 0.6 is 0 Å². The minimum atomic E-state index is -2.28. The zero-order chi connectivity index (χ0) is 21.1. The molecule has 3 N–H and O–H groups in total. The van der Waals surface area contributed by atoms with Gasteiger partial charge in [-0.2, -0.15) is 0 Å². The van der Waals surface area contributed by atoms with E-state index < -0.39 is 11.1 Å². The summed E-state index contributed by atoms with van der Waals surface area (Å²) < 4.78 is 27.6. The third kappa shape index (κ3) is 4.13. The quantitative estimate of drug-likeness (QED) is 0.455. The van der Waals surface area contributed by atoms with E-state index in [1.165, 1.54) is 23.9 Å². The summed E-state index contributed by atoms with van der Waals surface area (Å²) in [5, 5.41) is 7.24. The molecule has 30 heavy (non-hydrogen) atoms. The van der Waals surface area contributed by atoms with E-state index in [9.17, 15) is 8.76 Å². The van der Waals surface area contributed by atoms with Gasteiger partial charge in [0.1, 0.15) is 5.69 Å². The Labute approximate surface area is 175 Å². The Morgan fingerprint density at radius 2 is 1.73 bits per heavy atom. The summed E-state index contributed by atoms with van der Waals surface area (Å²) >= 11 is -2.28. The lowest BCUT2D eigenvalue weighted by Gasteiger charge is -2.07. The molecular formula is C21H18N5O3S-. The molecule has 0 bridgehead atoms. The molecule has 0 spiro atoms. The van der Waals surface area contributed by atoms with Crippen LogP contribution in [0.1, 0.15) is 5.56 Å². The molecule has 1 atom stereocenters. The first-order valence-corrected chi connectivity index (χ1v) is 10.2. The first-order valence-electron chi connectivity index (χ1n) is 9.08. The number of rotatable bonds is 6. The number of hydrogen-bond acceptors (Lipinski definition) is 8. The maximum absolute atomic E-state index is 11.0. The molecule has 152 valence electrons. The average Bonchev–Trinajstić information content (AvgIpc) is 3.25. The Balaban J connectivity index is 1.64. The summed E-state index contributed by atoms with van der Waals surface area (Å²) in [5.41, 5.74) is 10.4. The van der Waals surface area contributed by atoms with Crippen LogP contribution in [0.15, 0.2) is 70.2 Å². The molecule has 1 unspecified atom stereocenters. The SMILES string of the molecule is CNCc1ccc(-c2cc(-c3nc(-c4ccc(S(=O)[O-])cc4)cnc3N)on2)cc1. The van der Waals surface area contributed by atoms with Crippen molar-refractivity contribution in [2.24, 2.45) is 0 Å². The fourth-order valence-corrected chi connectivity index (χ4v) is 3.33. The Morgan fingerprint density at radius 3 is 2.40 bits per heavy atom. The molecule has 4 aromatic rings. The van der Waals surface area contributed by atoms with Gasteiger partial charge in [-0.25, -0.2) is 9.97 Å². The third-order valence-corrected chi connectivity index (χ3v) is 5.17. The van der Waals surface area contributed by atoms with Crippen LogP contribution in [0.5, 0.6) is 0 Å². The standard InChI is InChI=1S/C21H19N5O3S/c1-23-11-13-2-4-14(5-3-13)17-10-19(29-26-17)20-21(22)24-12-18(25-20)15-6-8-16(9-7-15)30(27)28/h2-10,12,23H,11H2,1H3,(H2,22,24)(H,27,28)/p-1. The lowest BCUT2D eigenvalue weighted by Crippen LogP contribution is -2.04. The molecule has 0 amide bonds. The molecule has 0 radical (unpaired) electrons. The maximum atomic E-state index is 11.0. The Bertz CT molecular complexity index is 1190. The third-order valence-electron chi connectivity index (χ3n) is 4.52. The summed E-state index contributed by atoms with van der Waals surface area (Å²) in [6, 6.07) is 16.1. The van der Waals surface area contributed by atoms with Gasteiger partial charge in [0.15, 0.2) is 17.3 Å². The highest BCUT2D eigenvalue weighted by atomic mass is 32.2. The van der Waals surface area contributed by atoms with Crippen molar-refractivity contribution in [3.05, 3.63) is 66.4 Å². The number of nitrogens with one attached hydrogen (secondary N) is 1. The summed E-state index contributed by atoms with van der Waals surface area (Å²) in [5.74, 6) is 0.608. The number of nitrogens with two attached hydrogens (primary N) is 1. The molecule has 0 aliphatic rings. The number of hydrogen-bond donors (Lipinski definition) is 2. The Hall–Kier alpha value is -3.40. The number of nitrogens with zero attached hydrogens (tertiary/aromatic N) is 3. The second-order valence-corrected chi connectivity index (χ2v) is 7.49. The highest BCUT2D eigenvalue weighted by molar-refractivity contribution is 7.79. The van der Waals surface area contributed by atoms with Gasteiger partial charge in [0.2, 0.25) is 0 Å². The van der Waals surface area contributed by atoms with E-state index in [0.717, 1.165) is 12.1 Å². The van der Waals surface area contributed by atoms with Gasteiger partial charge in [-0.1, -0.05) is 41.6 Å². The van der Waals surface area contributed by atoms with Crippen LogP contribution < -0.4 is 11.1 Å². The van der Waals surface area contributed by atoms with Gasteiger partial charge < -0.3 is 20.1 Å². The highest BCUT2D eigenvalue weighted by Crippen LogP contribution is 2.29. The average molecular weight is 420 g/mol. The molecule has 8 nitrogen and oxygen atoms in total. The molecule has 0 fully saturated rings. The van der Waals surface area contributed by atoms with Crippen LogP contribution in [0.2, 0.25) is 0 Å². The zero-order valence-electron chi connectivity index (χ0n) is 16.0. The fraction of sp³-hybridized carbons (Fsp3) is 0.0952. The first-order chi connectivity index (χ1) is 14.5. The van der Waals surface area contributed by atoms with Crippen molar-refractivity contribution < 1.29 is 13.3 Å². The van der Waals surface area contributed by atoms with Crippen molar-refractivity contribution in [2.75, 3.05) is 12.8 Å². The van der Waals surface area contributed by atoms with Gasteiger partial charge in [-0.05, 0) is 35.8 Å². The summed E-state index contributed by atoms with van der Waals surface area (Å²) in [6.45, 7) is 0.787. The summed E-state index contributed by atoms with van der Waals surface area (Å²) in [7, 11) is 1.90. The van der Waals surface area contributed by atoms with Crippen LogP contribution in [0.4, 0.5) is 5.82 Å². The topological polar surface area (TPSA) is 130 Å². The van der Waals surface area contributed by atoms with E-state index in [4.69, 9.17) is 10.3 Å². The predicted octanol–water partition coefficient (Wildman–Crippen LogP) is 3.01. The van der Waals surface area contributed by atoms with Crippen LogP contribution in [-0.2, 0) is 17.6 Å². The molecular weight excluding hydrogens is 402 g/mol. The van der Waals surface area contributed by atoms with Crippen molar-refractivity contribution in [3.8, 4) is 34.0 Å². The lowest BCUT2D eigenvalue weighted by atomic mass is 10.1. The minimum absolute atomic E-state index is 0.197. The van der Waals surface area contributed by atoms with E-state index in [0.29, 0.717) is 28.4 Å². The van der Waals surface area contributed by atoms with Crippen molar-refractivity contribution in [2.45, 2.75) is 11.4 Å². The molecule has 0 aliphatic carbocycles. The van der Waals surface area contributed by atoms with Crippen molar-refractivity contribution >= 4 is 16.9 Å². The maximum Gasteiger partial charge on any atom is 0.189 e. The van der Waals surface area contributed by atoms with Crippen LogP contribution in [0.25, 0.3) is 34.0 Å². The molecule has 4 rings (SSSR count). The normalized spacial score (nSPS) is 12.1.